The van der Waals surface area contributed by atoms with Crippen LogP contribution in [0.15, 0.2) is 54.6 Å². The monoisotopic (exact) mass is 354 g/mol. The lowest BCUT2D eigenvalue weighted by atomic mass is 10.1. The highest BCUT2D eigenvalue weighted by Crippen LogP contribution is 2.28. The van der Waals surface area contributed by atoms with Gasteiger partial charge in [0.1, 0.15) is 0 Å². The predicted octanol–water partition coefficient (Wildman–Crippen LogP) is 2.50. The maximum absolute atomic E-state index is 11.8. The fourth-order valence-electron chi connectivity index (χ4n) is 2.24. The van der Waals surface area contributed by atoms with Crippen molar-refractivity contribution < 1.29 is 19.1 Å². The molecule has 0 saturated carbocycles. The first-order valence-electron chi connectivity index (χ1n) is 8.17. The highest BCUT2D eigenvalue weighted by molar-refractivity contribution is 5.83. The third kappa shape index (κ3) is 5.98. The Morgan fingerprint density at radius 3 is 2.42 bits per heavy atom. The zero-order valence-corrected chi connectivity index (χ0v) is 14.8. The molecule has 0 saturated heterocycles. The van der Waals surface area contributed by atoms with Crippen LogP contribution >= 0.6 is 0 Å². The fourth-order valence-corrected chi connectivity index (χ4v) is 2.24. The number of carbonyl (C=O) groups excluding carboxylic acids is 2. The van der Waals surface area contributed by atoms with Gasteiger partial charge >= 0.3 is 0 Å². The van der Waals surface area contributed by atoms with Gasteiger partial charge in [-0.3, -0.25) is 20.4 Å². The average molecular weight is 354 g/mol. The van der Waals surface area contributed by atoms with Crippen molar-refractivity contribution >= 4 is 17.9 Å². The maximum Gasteiger partial charge on any atom is 0.276 e. The molecular formula is C20H22N2O4. The Bertz CT molecular complexity index is 773. The Balaban J connectivity index is 1.80. The van der Waals surface area contributed by atoms with Crippen molar-refractivity contribution in [2.24, 2.45) is 0 Å². The van der Waals surface area contributed by atoms with Crippen LogP contribution in [0.25, 0.3) is 6.08 Å². The molecule has 6 nitrogen and oxygen atoms in total. The molecule has 0 aromatic heterocycles. The molecule has 0 fully saturated rings. The minimum absolute atomic E-state index is 0.183. The highest BCUT2D eigenvalue weighted by Gasteiger charge is 2.09. The van der Waals surface area contributed by atoms with E-state index in [-0.39, 0.29) is 18.9 Å². The number of ether oxygens (including phenoxy) is 2. The first kappa shape index (κ1) is 19.1. The lowest BCUT2D eigenvalue weighted by Gasteiger charge is -2.12. The number of amides is 2. The van der Waals surface area contributed by atoms with Gasteiger partial charge in [0.2, 0.25) is 5.91 Å². The molecule has 2 aromatic rings. The summed E-state index contributed by atoms with van der Waals surface area (Å²) in [6.07, 6.45) is 4.03. The number of benzene rings is 2. The molecule has 6 heteroatoms. The molecule has 0 radical (unpaired) electrons. The van der Waals surface area contributed by atoms with Gasteiger partial charge in [-0.25, -0.2) is 0 Å². The molecule has 0 aliphatic rings. The van der Waals surface area contributed by atoms with Crippen molar-refractivity contribution in [3.8, 4) is 11.5 Å². The molecule has 0 heterocycles. The molecule has 2 aromatic carbocycles. The molecule has 0 aliphatic heterocycles. The number of rotatable bonds is 7. The number of allylic oxidation sites excluding steroid dienone is 1. The molecule has 2 rings (SSSR count). The van der Waals surface area contributed by atoms with Crippen molar-refractivity contribution in [3.63, 3.8) is 0 Å². The molecule has 2 N–H and O–H groups in total. The van der Waals surface area contributed by atoms with Crippen LogP contribution in [-0.4, -0.2) is 25.5 Å². The topological polar surface area (TPSA) is 76.7 Å². The van der Waals surface area contributed by atoms with Crippen LogP contribution in [0.3, 0.4) is 0 Å². The summed E-state index contributed by atoms with van der Waals surface area (Å²) in [4.78, 5) is 23.6. The normalized spacial score (nSPS) is 10.4. The standard InChI is InChI=1S/C20H22N2O4/c1-3-7-15-10-11-17(18(12-15)25-2)26-14-20(24)22-21-19(23)13-16-8-5-4-6-9-16/h3-12H,13-14H2,1-2H3,(H,21,23)(H,22,24)/b7-3+. The fraction of sp³-hybridized carbons (Fsp3) is 0.200. The molecule has 136 valence electrons. The van der Waals surface area contributed by atoms with E-state index in [0.29, 0.717) is 11.5 Å². The number of hydrogen-bond acceptors (Lipinski definition) is 4. The van der Waals surface area contributed by atoms with E-state index in [1.54, 1.807) is 6.07 Å². The van der Waals surface area contributed by atoms with Crippen LogP contribution < -0.4 is 20.3 Å². The van der Waals surface area contributed by atoms with E-state index >= 15 is 0 Å². The first-order chi connectivity index (χ1) is 12.6. The summed E-state index contributed by atoms with van der Waals surface area (Å²) in [6, 6.07) is 14.7. The summed E-state index contributed by atoms with van der Waals surface area (Å²) in [5.74, 6) is 0.205. The summed E-state index contributed by atoms with van der Waals surface area (Å²) < 4.78 is 10.7. The summed E-state index contributed by atoms with van der Waals surface area (Å²) in [6.45, 7) is 1.68. The van der Waals surface area contributed by atoms with E-state index in [1.165, 1.54) is 7.11 Å². The highest BCUT2D eigenvalue weighted by atomic mass is 16.5. The lowest BCUT2D eigenvalue weighted by molar-refractivity contribution is -0.129. The number of carbonyl (C=O) groups is 2. The van der Waals surface area contributed by atoms with Gasteiger partial charge in [-0.2, -0.15) is 0 Å². The largest absolute Gasteiger partial charge is 0.493 e. The molecular weight excluding hydrogens is 332 g/mol. The molecule has 0 bridgehead atoms. The molecule has 0 unspecified atom stereocenters. The van der Waals surface area contributed by atoms with Crippen LogP contribution in [0, 0.1) is 0 Å². The van der Waals surface area contributed by atoms with Gasteiger partial charge in [0, 0.05) is 0 Å². The van der Waals surface area contributed by atoms with E-state index in [9.17, 15) is 9.59 Å². The van der Waals surface area contributed by atoms with Crippen LogP contribution in [0.2, 0.25) is 0 Å². The summed E-state index contributed by atoms with van der Waals surface area (Å²) >= 11 is 0. The van der Waals surface area contributed by atoms with Crippen LogP contribution in [0.1, 0.15) is 18.1 Å². The van der Waals surface area contributed by atoms with Crippen molar-refractivity contribution in [1.82, 2.24) is 10.9 Å². The van der Waals surface area contributed by atoms with E-state index in [4.69, 9.17) is 9.47 Å². The predicted molar refractivity (Wildman–Crippen MR) is 99.6 cm³/mol. The second-order valence-corrected chi connectivity index (χ2v) is 5.46. The second kappa shape index (κ2) is 9.88. The third-order valence-electron chi connectivity index (χ3n) is 3.45. The van der Waals surface area contributed by atoms with Crippen molar-refractivity contribution in [3.05, 3.63) is 65.7 Å². The van der Waals surface area contributed by atoms with Crippen molar-refractivity contribution in [2.75, 3.05) is 13.7 Å². The van der Waals surface area contributed by atoms with E-state index in [1.807, 2.05) is 61.5 Å². The number of hydrogen-bond donors (Lipinski definition) is 2. The minimum Gasteiger partial charge on any atom is -0.493 e. The van der Waals surface area contributed by atoms with Crippen molar-refractivity contribution in [1.29, 1.82) is 0 Å². The van der Waals surface area contributed by atoms with E-state index in [0.717, 1.165) is 11.1 Å². The summed E-state index contributed by atoms with van der Waals surface area (Å²) in [5, 5.41) is 0. The Labute approximate surface area is 152 Å². The first-order valence-corrected chi connectivity index (χ1v) is 8.17. The van der Waals surface area contributed by atoms with Gasteiger partial charge in [0.25, 0.3) is 5.91 Å². The Morgan fingerprint density at radius 2 is 1.73 bits per heavy atom. The van der Waals surface area contributed by atoms with Crippen LogP contribution in [0.4, 0.5) is 0 Å². The van der Waals surface area contributed by atoms with E-state index < -0.39 is 5.91 Å². The SMILES string of the molecule is C/C=C/c1ccc(OCC(=O)NNC(=O)Cc2ccccc2)c(OC)c1. The van der Waals surface area contributed by atoms with E-state index in [2.05, 4.69) is 10.9 Å². The molecule has 0 atom stereocenters. The second-order valence-electron chi connectivity index (χ2n) is 5.46. The quantitative estimate of drug-likeness (QED) is 0.749. The summed E-state index contributed by atoms with van der Waals surface area (Å²) in [5.41, 5.74) is 6.52. The van der Waals surface area contributed by atoms with Crippen LogP contribution in [0.5, 0.6) is 11.5 Å². The number of methoxy groups -OCH3 is 1. The van der Waals surface area contributed by atoms with Crippen molar-refractivity contribution in [2.45, 2.75) is 13.3 Å². The smallest absolute Gasteiger partial charge is 0.276 e. The molecule has 0 aliphatic carbocycles. The maximum atomic E-state index is 11.8. The molecule has 2 amide bonds. The van der Waals surface area contributed by atoms with Crippen LogP contribution in [-0.2, 0) is 16.0 Å². The molecule has 26 heavy (non-hydrogen) atoms. The Hall–Kier alpha value is -3.28. The van der Waals surface area contributed by atoms with Gasteiger partial charge < -0.3 is 9.47 Å². The van der Waals surface area contributed by atoms with Gasteiger partial charge in [0.05, 0.1) is 13.5 Å². The number of nitrogens with one attached hydrogen (secondary N) is 2. The Kier molecular flexibility index (Phi) is 7.24. The van der Waals surface area contributed by atoms with Gasteiger partial charge in [-0.1, -0.05) is 48.6 Å². The third-order valence-corrected chi connectivity index (χ3v) is 3.45. The average Bonchev–Trinajstić information content (AvgIpc) is 2.66. The Morgan fingerprint density at radius 1 is 1.00 bits per heavy atom. The number of hydrazine groups is 1. The lowest BCUT2D eigenvalue weighted by Crippen LogP contribution is -2.44. The zero-order chi connectivity index (χ0) is 18.8. The van der Waals surface area contributed by atoms with Gasteiger partial charge in [-0.15, -0.1) is 0 Å². The van der Waals surface area contributed by atoms with Gasteiger partial charge in [-0.05, 0) is 30.2 Å². The zero-order valence-electron chi connectivity index (χ0n) is 14.8. The summed E-state index contributed by atoms with van der Waals surface area (Å²) in [7, 11) is 1.53. The minimum atomic E-state index is -0.467. The van der Waals surface area contributed by atoms with Gasteiger partial charge in [0.15, 0.2) is 18.1 Å². The molecule has 0 spiro atoms.